The van der Waals surface area contributed by atoms with Crippen LogP contribution in [0.4, 0.5) is 9.18 Å². The number of nitrogens with zero attached hydrogens (tertiary/aromatic N) is 1. The van der Waals surface area contributed by atoms with Gasteiger partial charge in [0.1, 0.15) is 17.3 Å². The Kier molecular flexibility index (Phi) is 6.55. The molecule has 0 aromatic heterocycles. The fourth-order valence-corrected chi connectivity index (χ4v) is 4.64. The minimum Gasteiger partial charge on any atom is -0.497 e. The summed E-state index contributed by atoms with van der Waals surface area (Å²) in [7, 11) is 3.13. The molecule has 1 aliphatic heterocycles. The molecule has 1 aliphatic rings. The van der Waals surface area contributed by atoms with Gasteiger partial charge in [0.2, 0.25) is 0 Å². The lowest BCUT2D eigenvalue weighted by molar-refractivity contribution is -0.130. The van der Waals surface area contributed by atoms with Gasteiger partial charge in [-0.25, -0.2) is 9.18 Å². The van der Waals surface area contributed by atoms with Gasteiger partial charge in [-0.15, -0.1) is 11.8 Å². The van der Waals surface area contributed by atoms with E-state index in [4.69, 9.17) is 9.47 Å². The Morgan fingerprint density at radius 1 is 0.848 bits per heavy atom. The lowest BCUT2D eigenvalue weighted by atomic mass is 9.82. The molecule has 0 bridgehead atoms. The van der Waals surface area contributed by atoms with Crippen molar-refractivity contribution in [3.05, 3.63) is 89.7 Å². The molecule has 3 amide bonds. The number of ether oxygens (including phenoxy) is 2. The van der Waals surface area contributed by atoms with Crippen molar-refractivity contribution in [1.82, 2.24) is 10.2 Å². The smallest absolute Gasteiger partial charge is 0.325 e. The molecule has 0 atom stereocenters. The van der Waals surface area contributed by atoms with Crippen molar-refractivity contribution in [1.29, 1.82) is 0 Å². The van der Waals surface area contributed by atoms with Gasteiger partial charge in [0.15, 0.2) is 5.54 Å². The Morgan fingerprint density at radius 3 is 1.85 bits per heavy atom. The molecule has 33 heavy (non-hydrogen) atoms. The van der Waals surface area contributed by atoms with Crippen LogP contribution in [0.1, 0.15) is 11.1 Å². The first kappa shape index (κ1) is 22.7. The maximum absolute atomic E-state index is 13.8. The fourth-order valence-electron chi connectivity index (χ4n) is 3.80. The van der Waals surface area contributed by atoms with Crippen molar-refractivity contribution in [3.63, 3.8) is 0 Å². The highest BCUT2D eigenvalue weighted by Crippen LogP contribution is 2.37. The largest absolute Gasteiger partial charge is 0.497 e. The number of carbonyl (C=O) groups excluding carboxylic acids is 2. The SMILES string of the molecule is COc1ccc(C2(c3ccc(OC)cc3)NC(=O)N(CCSc3ccc(F)cc3)C2=O)cc1. The first-order valence-corrected chi connectivity index (χ1v) is 11.3. The highest BCUT2D eigenvalue weighted by Gasteiger charge is 2.53. The van der Waals surface area contributed by atoms with E-state index >= 15 is 0 Å². The topological polar surface area (TPSA) is 67.9 Å². The lowest BCUT2D eigenvalue weighted by Gasteiger charge is -2.28. The van der Waals surface area contributed by atoms with E-state index in [2.05, 4.69) is 5.32 Å². The van der Waals surface area contributed by atoms with Crippen LogP contribution in [0.5, 0.6) is 11.5 Å². The molecule has 1 fully saturated rings. The van der Waals surface area contributed by atoms with Gasteiger partial charge in [-0.2, -0.15) is 0 Å². The lowest BCUT2D eigenvalue weighted by Crippen LogP contribution is -2.45. The summed E-state index contributed by atoms with van der Waals surface area (Å²) in [5, 5.41) is 2.93. The molecule has 1 N–H and O–H groups in total. The van der Waals surface area contributed by atoms with Crippen LogP contribution in [-0.4, -0.2) is 43.4 Å². The maximum atomic E-state index is 13.8. The maximum Gasteiger partial charge on any atom is 0.325 e. The molecular weight excluding hydrogens is 443 g/mol. The van der Waals surface area contributed by atoms with E-state index < -0.39 is 11.6 Å². The quantitative estimate of drug-likeness (QED) is 0.393. The summed E-state index contributed by atoms with van der Waals surface area (Å²) in [5.74, 6) is 1.10. The number of halogens is 1. The molecule has 0 radical (unpaired) electrons. The summed E-state index contributed by atoms with van der Waals surface area (Å²) in [6, 6.07) is 19.8. The van der Waals surface area contributed by atoms with Gasteiger partial charge < -0.3 is 14.8 Å². The van der Waals surface area contributed by atoms with E-state index in [1.807, 2.05) is 0 Å². The van der Waals surface area contributed by atoms with Gasteiger partial charge >= 0.3 is 6.03 Å². The minimum absolute atomic E-state index is 0.209. The molecule has 3 aromatic carbocycles. The number of urea groups is 1. The van der Waals surface area contributed by atoms with Crippen LogP contribution in [0.15, 0.2) is 77.7 Å². The zero-order valence-corrected chi connectivity index (χ0v) is 19.0. The Bertz CT molecular complexity index is 1090. The number of imide groups is 1. The van der Waals surface area contributed by atoms with E-state index in [-0.39, 0.29) is 18.3 Å². The number of benzene rings is 3. The van der Waals surface area contributed by atoms with Crippen molar-refractivity contribution < 1.29 is 23.5 Å². The van der Waals surface area contributed by atoms with Crippen LogP contribution in [0.2, 0.25) is 0 Å². The number of amides is 3. The average molecular weight is 467 g/mol. The van der Waals surface area contributed by atoms with Crippen LogP contribution in [0.25, 0.3) is 0 Å². The first-order chi connectivity index (χ1) is 16.0. The van der Waals surface area contributed by atoms with E-state index in [1.54, 1.807) is 74.9 Å². The fraction of sp³-hybridized carbons (Fsp3) is 0.200. The van der Waals surface area contributed by atoms with Crippen LogP contribution in [0.3, 0.4) is 0 Å². The van der Waals surface area contributed by atoms with Crippen LogP contribution in [-0.2, 0) is 10.3 Å². The van der Waals surface area contributed by atoms with Crippen LogP contribution < -0.4 is 14.8 Å². The second-order valence-electron chi connectivity index (χ2n) is 7.40. The number of hydrogen-bond donors (Lipinski definition) is 1. The molecule has 1 heterocycles. The van der Waals surface area contributed by atoms with Gasteiger partial charge in [-0.05, 0) is 59.7 Å². The molecule has 8 heteroatoms. The Balaban J connectivity index is 1.63. The third-order valence-electron chi connectivity index (χ3n) is 5.55. The summed E-state index contributed by atoms with van der Waals surface area (Å²) in [5.41, 5.74) is -0.114. The van der Waals surface area contributed by atoms with E-state index in [1.165, 1.54) is 28.8 Å². The number of thioether (sulfide) groups is 1. The number of methoxy groups -OCH3 is 2. The third kappa shape index (κ3) is 4.39. The Labute approximate surface area is 195 Å². The predicted octanol–water partition coefficient (Wildman–Crippen LogP) is 4.43. The predicted molar refractivity (Wildman–Crippen MR) is 124 cm³/mol. The van der Waals surface area contributed by atoms with Crippen LogP contribution >= 0.6 is 11.8 Å². The molecule has 1 saturated heterocycles. The summed E-state index contributed by atoms with van der Waals surface area (Å²) in [6.07, 6.45) is 0. The molecule has 4 rings (SSSR count). The second kappa shape index (κ2) is 9.54. The minimum atomic E-state index is -1.36. The highest BCUT2D eigenvalue weighted by molar-refractivity contribution is 7.99. The van der Waals surface area contributed by atoms with Gasteiger partial charge in [0.05, 0.1) is 14.2 Å². The van der Waals surface area contributed by atoms with Gasteiger partial charge in [-0.1, -0.05) is 24.3 Å². The summed E-state index contributed by atoms with van der Waals surface area (Å²) < 4.78 is 23.6. The van der Waals surface area contributed by atoms with Gasteiger partial charge in [-0.3, -0.25) is 9.69 Å². The highest BCUT2D eigenvalue weighted by atomic mass is 32.2. The van der Waals surface area contributed by atoms with Gasteiger partial charge in [0.25, 0.3) is 5.91 Å². The van der Waals surface area contributed by atoms with Gasteiger partial charge in [0, 0.05) is 17.2 Å². The number of rotatable bonds is 8. The van der Waals surface area contributed by atoms with Crippen molar-refractivity contribution in [2.24, 2.45) is 0 Å². The third-order valence-corrected chi connectivity index (χ3v) is 6.54. The second-order valence-corrected chi connectivity index (χ2v) is 8.56. The number of hydrogen-bond acceptors (Lipinski definition) is 5. The standard InChI is InChI=1S/C25H23FN2O4S/c1-31-20-9-3-17(4-10-20)25(18-5-11-21(32-2)12-6-18)23(29)28(24(30)27-25)15-16-33-22-13-7-19(26)8-14-22/h3-14H,15-16H2,1-2H3,(H,27,30). The number of nitrogens with one attached hydrogen (secondary N) is 1. The summed E-state index contributed by atoms with van der Waals surface area (Å²) in [4.78, 5) is 28.8. The van der Waals surface area contributed by atoms with E-state index in [0.717, 1.165) is 4.90 Å². The summed E-state index contributed by atoms with van der Waals surface area (Å²) >= 11 is 1.45. The molecule has 0 aliphatic carbocycles. The molecule has 0 spiro atoms. The summed E-state index contributed by atoms with van der Waals surface area (Å²) in [6.45, 7) is 0.209. The van der Waals surface area contributed by atoms with Crippen molar-refractivity contribution in [3.8, 4) is 11.5 Å². The zero-order chi connectivity index (χ0) is 23.4. The first-order valence-electron chi connectivity index (χ1n) is 10.3. The van der Waals surface area contributed by atoms with Crippen molar-refractivity contribution in [2.75, 3.05) is 26.5 Å². The van der Waals surface area contributed by atoms with E-state index in [0.29, 0.717) is 28.4 Å². The Hall–Kier alpha value is -3.52. The van der Waals surface area contributed by atoms with Crippen LogP contribution in [0, 0.1) is 5.82 Å². The molecule has 0 unspecified atom stereocenters. The molecule has 3 aromatic rings. The van der Waals surface area contributed by atoms with Crippen molar-refractivity contribution in [2.45, 2.75) is 10.4 Å². The monoisotopic (exact) mass is 466 g/mol. The van der Waals surface area contributed by atoms with E-state index in [9.17, 15) is 14.0 Å². The average Bonchev–Trinajstić information content (AvgIpc) is 3.11. The van der Waals surface area contributed by atoms with Crippen molar-refractivity contribution >= 4 is 23.7 Å². The normalized spacial score (nSPS) is 14.8. The number of carbonyl (C=O) groups is 2. The zero-order valence-electron chi connectivity index (χ0n) is 18.2. The molecule has 0 saturated carbocycles. The Morgan fingerprint density at radius 2 is 1.36 bits per heavy atom. The molecular formula is C25H23FN2O4S. The molecule has 170 valence electrons. The molecule has 6 nitrogen and oxygen atoms in total.